The van der Waals surface area contributed by atoms with Crippen LogP contribution in [0.5, 0.6) is 0 Å². The number of carbonyl (C=O) groups is 1. The van der Waals surface area contributed by atoms with E-state index in [0.29, 0.717) is 17.9 Å². The van der Waals surface area contributed by atoms with Crippen molar-refractivity contribution in [1.82, 2.24) is 19.4 Å². The van der Waals surface area contributed by atoms with Crippen molar-refractivity contribution in [2.24, 2.45) is 0 Å². The number of imidazole rings is 1. The first-order chi connectivity index (χ1) is 12.2. The largest absolute Gasteiger partial charge is 0.449 e. The monoisotopic (exact) mass is 338 g/mol. The number of likely N-dealkylation sites (tertiary alicyclic amines) is 1. The lowest BCUT2D eigenvalue weighted by Gasteiger charge is -2.33. The molecule has 6 nitrogen and oxygen atoms in total. The van der Waals surface area contributed by atoms with Crippen molar-refractivity contribution >= 4 is 17.0 Å². The highest BCUT2D eigenvalue weighted by atomic mass is 16.3. The van der Waals surface area contributed by atoms with Gasteiger partial charge in [0.1, 0.15) is 11.3 Å². The Kier molecular flexibility index (Phi) is 4.03. The summed E-state index contributed by atoms with van der Waals surface area (Å²) in [7, 11) is 0. The summed E-state index contributed by atoms with van der Waals surface area (Å²) in [6.07, 6.45) is 6.80. The van der Waals surface area contributed by atoms with Gasteiger partial charge >= 0.3 is 0 Å². The van der Waals surface area contributed by atoms with Gasteiger partial charge in [0, 0.05) is 43.7 Å². The zero-order chi connectivity index (χ0) is 17.4. The first-order valence-corrected chi connectivity index (χ1v) is 8.84. The first-order valence-electron chi connectivity index (χ1n) is 8.84. The van der Waals surface area contributed by atoms with Crippen LogP contribution in [0.1, 0.15) is 47.9 Å². The van der Waals surface area contributed by atoms with E-state index in [9.17, 15) is 4.79 Å². The van der Waals surface area contributed by atoms with Gasteiger partial charge in [-0.05, 0) is 31.9 Å². The van der Waals surface area contributed by atoms with Crippen molar-refractivity contribution in [1.29, 1.82) is 0 Å². The van der Waals surface area contributed by atoms with E-state index >= 15 is 0 Å². The normalized spacial score (nSPS) is 18.0. The number of piperidine rings is 1. The predicted octanol–water partition coefficient (Wildman–Crippen LogP) is 3.37. The third-order valence-electron chi connectivity index (χ3n) is 4.87. The molecule has 1 fully saturated rings. The standard InChI is InChI=1S/C19H22N4O2/c1-3-18-20-8-10-23(18)14-5-4-9-22(12-14)19(24)17-11-15-16(25-17)7-6-13(2)21-15/h6-8,10-11,14H,3-5,9,12H2,1-2H3/t14-/m1/s1. The lowest BCUT2D eigenvalue weighted by atomic mass is 10.0. The topological polar surface area (TPSA) is 64.2 Å². The molecular formula is C19H22N4O2. The molecule has 6 heteroatoms. The van der Waals surface area contributed by atoms with E-state index in [4.69, 9.17) is 4.42 Å². The van der Waals surface area contributed by atoms with Crippen molar-refractivity contribution in [2.75, 3.05) is 13.1 Å². The molecule has 0 radical (unpaired) electrons. The molecule has 0 bridgehead atoms. The molecule has 4 heterocycles. The van der Waals surface area contributed by atoms with Crippen molar-refractivity contribution in [2.45, 2.75) is 39.2 Å². The minimum atomic E-state index is -0.0569. The van der Waals surface area contributed by atoms with Crippen LogP contribution in [-0.4, -0.2) is 38.4 Å². The third kappa shape index (κ3) is 2.92. The number of rotatable bonds is 3. The first kappa shape index (κ1) is 15.9. The fraction of sp³-hybridized carbons (Fsp3) is 0.421. The number of hydrogen-bond acceptors (Lipinski definition) is 4. The second kappa shape index (κ2) is 6.35. The van der Waals surface area contributed by atoms with Crippen LogP contribution >= 0.6 is 0 Å². The van der Waals surface area contributed by atoms with Gasteiger partial charge in [-0.25, -0.2) is 9.97 Å². The third-order valence-corrected chi connectivity index (χ3v) is 4.87. The van der Waals surface area contributed by atoms with Crippen LogP contribution in [0.15, 0.2) is 35.0 Å². The molecule has 1 atom stereocenters. The van der Waals surface area contributed by atoms with Crippen molar-refractivity contribution in [3.8, 4) is 0 Å². The van der Waals surface area contributed by atoms with Gasteiger partial charge in [-0.15, -0.1) is 0 Å². The Morgan fingerprint density at radius 3 is 3.12 bits per heavy atom. The van der Waals surface area contributed by atoms with Gasteiger partial charge in [0.15, 0.2) is 11.3 Å². The highest BCUT2D eigenvalue weighted by Gasteiger charge is 2.28. The van der Waals surface area contributed by atoms with Gasteiger partial charge in [-0.3, -0.25) is 4.79 Å². The highest BCUT2D eigenvalue weighted by Crippen LogP contribution is 2.26. The summed E-state index contributed by atoms with van der Waals surface area (Å²) in [5, 5.41) is 0. The molecule has 130 valence electrons. The molecule has 25 heavy (non-hydrogen) atoms. The van der Waals surface area contributed by atoms with Crippen LogP contribution in [0, 0.1) is 6.92 Å². The van der Waals surface area contributed by atoms with E-state index in [-0.39, 0.29) is 11.9 Å². The quantitative estimate of drug-likeness (QED) is 0.734. The van der Waals surface area contributed by atoms with Gasteiger partial charge in [0.25, 0.3) is 5.91 Å². The Bertz CT molecular complexity index is 911. The Balaban J connectivity index is 1.56. The zero-order valence-electron chi connectivity index (χ0n) is 14.6. The van der Waals surface area contributed by atoms with E-state index in [0.717, 1.165) is 42.8 Å². The van der Waals surface area contributed by atoms with Crippen LogP contribution in [0.3, 0.4) is 0 Å². The number of amides is 1. The Morgan fingerprint density at radius 1 is 1.40 bits per heavy atom. The fourth-order valence-electron chi connectivity index (χ4n) is 3.60. The molecule has 1 aliphatic rings. The SMILES string of the molecule is CCc1nccn1[C@@H]1CCCN(C(=O)c2cc3nc(C)ccc3o2)C1. The van der Waals surface area contributed by atoms with Gasteiger partial charge in [0.2, 0.25) is 0 Å². The Morgan fingerprint density at radius 2 is 2.28 bits per heavy atom. The number of pyridine rings is 1. The molecule has 0 aliphatic carbocycles. The lowest BCUT2D eigenvalue weighted by molar-refractivity contribution is 0.0648. The molecule has 3 aromatic rings. The molecule has 4 rings (SSSR count). The summed E-state index contributed by atoms with van der Waals surface area (Å²) >= 11 is 0. The average Bonchev–Trinajstić information content (AvgIpc) is 3.27. The van der Waals surface area contributed by atoms with Crippen molar-refractivity contribution < 1.29 is 9.21 Å². The number of hydrogen-bond donors (Lipinski definition) is 0. The average molecular weight is 338 g/mol. The molecule has 1 aliphatic heterocycles. The number of furan rings is 1. The molecule has 0 saturated carbocycles. The van der Waals surface area contributed by atoms with Gasteiger partial charge < -0.3 is 13.9 Å². The van der Waals surface area contributed by atoms with Crippen molar-refractivity contribution in [3.05, 3.63) is 47.9 Å². The van der Waals surface area contributed by atoms with Gasteiger partial charge in [-0.2, -0.15) is 0 Å². The second-order valence-corrected chi connectivity index (χ2v) is 6.60. The zero-order valence-corrected chi connectivity index (χ0v) is 14.6. The van der Waals surface area contributed by atoms with Crippen LogP contribution in [0.25, 0.3) is 11.1 Å². The number of nitrogens with zero attached hydrogens (tertiary/aromatic N) is 4. The fourth-order valence-corrected chi connectivity index (χ4v) is 3.60. The summed E-state index contributed by atoms with van der Waals surface area (Å²) in [5.74, 6) is 1.39. The molecule has 0 spiro atoms. The van der Waals surface area contributed by atoms with E-state index < -0.39 is 0 Å². The number of aromatic nitrogens is 3. The minimum Gasteiger partial charge on any atom is -0.449 e. The maximum atomic E-state index is 12.9. The molecular weight excluding hydrogens is 316 g/mol. The predicted molar refractivity (Wildman–Crippen MR) is 94.5 cm³/mol. The number of carbonyl (C=O) groups excluding carboxylic acids is 1. The number of fused-ring (bicyclic) bond motifs is 1. The summed E-state index contributed by atoms with van der Waals surface area (Å²) in [5.41, 5.74) is 2.31. The lowest BCUT2D eigenvalue weighted by Crippen LogP contribution is -2.40. The highest BCUT2D eigenvalue weighted by molar-refractivity contribution is 5.95. The molecule has 1 saturated heterocycles. The Hall–Kier alpha value is -2.63. The van der Waals surface area contributed by atoms with Gasteiger partial charge in [-0.1, -0.05) is 6.92 Å². The molecule has 1 amide bonds. The molecule has 0 unspecified atom stereocenters. The smallest absolute Gasteiger partial charge is 0.289 e. The molecule has 0 N–H and O–H groups in total. The molecule has 0 aromatic carbocycles. The minimum absolute atomic E-state index is 0.0569. The summed E-state index contributed by atoms with van der Waals surface area (Å²) in [6, 6.07) is 5.79. The Labute approximate surface area is 146 Å². The number of aryl methyl sites for hydroxylation is 2. The van der Waals surface area contributed by atoms with Gasteiger partial charge in [0.05, 0.1) is 6.04 Å². The maximum absolute atomic E-state index is 12.9. The summed E-state index contributed by atoms with van der Waals surface area (Å²) in [4.78, 5) is 23.6. The van der Waals surface area contributed by atoms with Crippen LogP contribution in [0.2, 0.25) is 0 Å². The van der Waals surface area contributed by atoms with E-state index in [1.165, 1.54) is 0 Å². The van der Waals surface area contributed by atoms with Crippen molar-refractivity contribution in [3.63, 3.8) is 0 Å². The summed E-state index contributed by atoms with van der Waals surface area (Å²) in [6.45, 7) is 5.48. The van der Waals surface area contributed by atoms with E-state index in [1.807, 2.05) is 36.4 Å². The maximum Gasteiger partial charge on any atom is 0.289 e. The van der Waals surface area contributed by atoms with Crippen LogP contribution in [0.4, 0.5) is 0 Å². The second-order valence-electron chi connectivity index (χ2n) is 6.60. The van der Waals surface area contributed by atoms with E-state index in [1.54, 1.807) is 6.07 Å². The van der Waals surface area contributed by atoms with E-state index in [2.05, 4.69) is 21.5 Å². The van der Waals surface area contributed by atoms with Crippen LogP contribution in [-0.2, 0) is 6.42 Å². The summed E-state index contributed by atoms with van der Waals surface area (Å²) < 4.78 is 7.95. The van der Waals surface area contributed by atoms with Crippen LogP contribution < -0.4 is 0 Å². The molecule has 3 aromatic heterocycles.